The summed E-state index contributed by atoms with van der Waals surface area (Å²) in [7, 11) is 0. The van der Waals surface area contributed by atoms with Gasteiger partial charge in [0.15, 0.2) is 5.65 Å². The highest BCUT2D eigenvalue weighted by Gasteiger charge is 2.09. The predicted molar refractivity (Wildman–Crippen MR) is 90.3 cm³/mol. The van der Waals surface area contributed by atoms with Crippen LogP contribution in [-0.2, 0) is 0 Å². The maximum atomic E-state index is 4.49. The minimum atomic E-state index is 0.291. The Hall–Kier alpha value is -3.02. The van der Waals surface area contributed by atoms with E-state index in [1.165, 1.54) is 0 Å². The SMILES string of the molecule is CC(C)Nc1ncc2c(-c3cnc4ncccc4c3)ccn2n1. The van der Waals surface area contributed by atoms with Crippen LogP contribution in [0.5, 0.6) is 0 Å². The highest BCUT2D eigenvalue weighted by atomic mass is 15.3. The van der Waals surface area contributed by atoms with Gasteiger partial charge in [0.2, 0.25) is 5.95 Å². The van der Waals surface area contributed by atoms with Crippen LogP contribution in [0.2, 0.25) is 0 Å². The third kappa shape index (κ3) is 2.48. The van der Waals surface area contributed by atoms with Crippen molar-refractivity contribution in [1.82, 2.24) is 24.6 Å². The number of nitrogens with one attached hydrogen (secondary N) is 1. The van der Waals surface area contributed by atoms with Gasteiger partial charge in [-0.2, -0.15) is 0 Å². The molecule has 6 nitrogen and oxygen atoms in total. The molecule has 0 aliphatic rings. The lowest BCUT2D eigenvalue weighted by Gasteiger charge is -2.08. The van der Waals surface area contributed by atoms with Gasteiger partial charge in [0.1, 0.15) is 0 Å². The first-order valence-corrected chi connectivity index (χ1v) is 7.53. The summed E-state index contributed by atoms with van der Waals surface area (Å²) in [5, 5.41) is 8.71. The third-order valence-electron chi connectivity index (χ3n) is 3.60. The second-order valence-electron chi connectivity index (χ2n) is 5.71. The van der Waals surface area contributed by atoms with E-state index >= 15 is 0 Å². The summed E-state index contributed by atoms with van der Waals surface area (Å²) in [6.45, 7) is 4.12. The summed E-state index contributed by atoms with van der Waals surface area (Å²) in [5.74, 6) is 0.621. The van der Waals surface area contributed by atoms with Crippen molar-refractivity contribution in [3.8, 4) is 11.1 Å². The van der Waals surface area contributed by atoms with E-state index in [0.717, 1.165) is 27.7 Å². The smallest absolute Gasteiger partial charge is 0.241 e. The van der Waals surface area contributed by atoms with Crippen molar-refractivity contribution < 1.29 is 0 Å². The fraction of sp³-hybridized carbons (Fsp3) is 0.176. The largest absolute Gasteiger partial charge is 0.351 e. The third-order valence-corrected chi connectivity index (χ3v) is 3.60. The molecule has 6 heteroatoms. The summed E-state index contributed by atoms with van der Waals surface area (Å²) in [5.41, 5.74) is 3.78. The summed E-state index contributed by atoms with van der Waals surface area (Å²) in [6.07, 6.45) is 7.36. The van der Waals surface area contributed by atoms with Gasteiger partial charge >= 0.3 is 0 Å². The quantitative estimate of drug-likeness (QED) is 0.629. The van der Waals surface area contributed by atoms with Crippen LogP contribution >= 0.6 is 0 Å². The Bertz CT molecular complexity index is 989. The Morgan fingerprint density at radius 1 is 1.09 bits per heavy atom. The molecule has 0 atom stereocenters. The van der Waals surface area contributed by atoms with Gasteiger partial charge in [-0.05, 0) is 38.1 Å². The number of nitrogens with zero attached hydrogens (tertiary/aromatic N) is 5. The topological polar surface area (TPSA) is 68.0 Å². The first kappa shape index (κ1) is 13.6. The van der Waals surface area contributed by atoms with E-state index in [9.17, 15) is 0 Å². The Morgan fingerprint density at radius 3 is 2.87 bits per heavy atom. The predicted octanol–water partition coefficient (Wildman–Crippen LogP) is 3.16. The molecule has 0 spiro atoms. The molecule has 4 heterocycles. The van der Waals surface area contributed by atoms with Crippen molar-refractivity contribution in [2.24, 2.45) is 0 Å². The van der Waals surface area contributed by atoms with Gasteiger partial charge < -0.3 is 5.32 Å². The Kier molecular flexibility index (Phi) is 3.15. The van der Waals surface area contributed by atoms with Crippen molar-refractivity contribution in [3.05, 3.63) is 49.1 Å². The zero-order chi connectivity index (χ0) is 15.8. The van der Waals surface area contributed by atoms with Crippen LogP contribution in [-0.4, -0.2) is 30.6 Å². The zero-order valence-electron chi connectivity index (χ0n) is 12.9. The van der Waals surface area contributed by atoms with Gasteiger partial charge in [0, 0.05) is 41.1 Å². The van der Waals surface area contributed by atoms with Crippen molar-refractivity contribution in [2.75, 3.05) is 5.32 Å². The van der Waals surface area contributed by atoms with Gasteiger partial charge in [-0.15, -0.1) is 5.10 Å². The van der Waals surface area contributed by atoms with E-state index in [1.807, 2.05) is 41.3 Å². The molecular formula is C17H16N6. The van der Waals surface area contributed by atoms with Crippen LogP contribution in [0.4, 0.5) is 5.95 Å². The molecule has 4 aromatic rings. The highest BCUT2D eigenvalue weighted by Crippen LogP contribution is 2.26. The van der Waals surface area contributed by atoms with Crippen LogP contribution in [0.25, 0.3) is 27.7 Å². The van der Waals surface area contributed by atoms with Crippen molar-refractivity contribution in [2.45, 2.75) is 19.9 Å². The number of fused-ring (bicyclic) bond motifs is 2. The Balaban J connectivity index is 1.81. The van der Waals surface area contributed by atoms with E-state index in [-0.39, 0.29) is 0 Å². The number of hydrogen-bond acceptors (Lipinski definition) is 5. The molecule has 4 rings (SSSR count). The lowest BCUT2D eigenvalue weighted by molar-refractivity contribution is 0.834. The van der Waals surface area contributed by atoms with Crippen molar-refractivity contribution >= 4 is 22.5 Å². The van der Waals surface area contributed by atoms with E-state index in [1.54, 1.807) is 6.20 Å². The maximum Gasteiger partial charge on any atom is 0.241 e. The zero-order valence-corrected chi connectivity index (χ0v) is 12.9. The van der Waals surface area contributed by atoms with Gasteiger partial charge in [-0.3, -0.25) is 0 Å². The second-order valence-corrected chi connectivity index (χ2v) is 5.71. The Morgan fingerprint density at radius 2 is 2.00 bits per heavy atom. The van der Waals surface area contributed by atoms with Gasteiger partial charge in [0.05, 0.1) is 11.7 Å². The molecule has 0 bridgehead atoms. The van der Waals surface area contributed by atoms with Gasteiger partial charge in [-0.25, -0.2) is 19.5 Å². The fourth-order valence-corrected chi connectivity index (χ4v) is 2.58. The van der Waals surface area contributed by atoms with E-state index in [0.29, 0.717) is 12.0 Å². The molecular weight excluding hydrogens is 288 g/mol. The molecule has 0 saturated carbocycles. The normalized spacial score (nSPS) is 11.4. The molecule has 0 amide bonds. The molecule has 0 aliphatic heterocycles. The van der Waals surface area contributed by atoms with Crippen molar-refractivity contribution in [3.63, 3.8) is 0 Å². The number of pyridine rings is 2. The number of anilines is 1. The molecule has 1 N–H and O–H groups in total. The van der Waals surface area contributed by atoms with E-state index in [4.69, 9.17) is 0 Å². The first-order chi connectivity index (χ1) is 11.2. The van der Waals surface area contributed by atoms with Crippen LogP contribution in [0.15, 0.2) is 49.1 Å². The fourth-order valence-electron chi connectivity index (χ4n) is 2.58. The maximum absolute atomic E-state index is 4.49. The van der Waals surface area contributed by atoms with Crippen molar-refractivity contribution in [1.29, 1.82) is 0 Å². The summed E-state index contributed by atoms with van der Waals surface area (Å²) in [4.78, 5) is 13.1. The van der Waals surface area contributed by atoms with Crippen LogP contribution in [0, 0.1) is 0 Å². The second kappa shape index (κ2) is 5.31. The number of aromatic nitrogens is 5. The van der Waals surface area contributed by atoms with Crippen LogP contribution in [0.3, 0.4) is 0 Å². The summed E-state index contributed by atoms with van der Waals surface area (Å²) >= 11 is 0. The molecule has 23 heavy (non-hydrogen) atoms. The molecule has 0 fully saturated rings. The molecule has 4 aromatic heterocycles. The number of hydrogen-bond donors (Lipinski definition) is 1. The summed E-state index contributed by atoms with van der Waals surface area (Å²) < 4.78 is 1.83. The van der Waals surface area contributed by atoms with Crippen LogP contribution in [0.1, 0.15) is 13.8 Å². The summed E-state index contributed by atoms with van der Waals surface area (Å²) in [6, 6.07) is 8.34. The highest BCUT2D eigenvalue weighted by molar-refractivity contribution is 5.86. The van der Waals surface area contributed by atoms with Crippen LogP contribution < -0.4 is 5.32 Å². The number of rotatable bonds is 3. The monoisotopic (exact) mass is 304 g/mol. The molecule has 0 aliphatic carbocycles. The lowest BCUT2D eigenvalue weighted by Crippen LogP contribution is -2.13. The molecule has 0 aromatic carbocycles. The van der Waals surface area contributed by atoms with Gasteiger partial charge in [0.25, 0.3) is 0 Å². The minimum absolute atomic E-state index is 0.291. The molecule has 0 unspecified atom stereocenters. The van der Waals surface area contributed by atoms with E-state index in [2.05, 4.69) is 45.3 Å². The first-order valence-electron chi connectivity index (χ1n) is 7.53. The molecule has 0 radical (unpaired) electrons. The van der Waals surface area contributed by atoms with E-state index < -0.39 is 0 Å². The minimum Gasteiger partial charge on any atom is -0.351 e. The standard InChI is InChI=1S/C17H16N6/c1-11(2)21-17-20-10-15-14(5-7-23(15)22-17)13-8-12-4-3-6-18-16(12)19-9-13/h3-11H,1-2H3,(H,21,22). The molecule has 0 saturated heterocycles. The average Bonchev–Trinajstić information content (AvgIpc) is 2.97. The lowest BCUT2D eigenvalue weighted by atomic mass is 10.1. The average molecular weight is 304 g/mol. The molecule has 114 valence electrons. The van der Waals surface area contributed by atoms with Gasteiger partial charge in [-0.1, -0.05) is 0 Å². The Labute approximate surface area is 133 Å².